The van der Waals surface area contributed by atoms with Crippen LogP contribution in [0, 0.1) is 0 Å². The molecule has 0 saturated heterocycles. The summed E-state index contributed by atoms with van der Waals surface area (Å²) in [6.07, 6.45) is 0.911. The van der Waals surface area contributed by atoms with Gasteiger partial charge in [-0.1, -0.05) is 63.2 Å². The Hall–Kier alpha value is -2.43. The predicted octanol–water partition coefficient (Wildman–Crippen LogP) is 5.86. The number of hydrogen-bond acceptors (Lipinski definition) is 4. The molecule has 4 rings (SSSR count). The van der Waals surface area contributed by atoms with Crippen LogP contribution in [0.2, 0.25) is 0 Å². The van der Waals surface area contributed by atoms with Gasteiger partial charge in [0.2, 0.25) is 0 Å². The van der Waals surface area contributed by atoms with Crippen molar-refractivity contribution in [3.63, 3.8) is 0 Å². The Balaban J connectivity index is 1.69. The van der Waals surface area contributed by atoms with Gasteiger partial charge in [0.25, 0.3) is 0 Å². The number of nitrogens with two attached hydrogens (primary N) is 1. The van der Waals surface area contributed by atoms with Crippen LogP contribution in [0.25, 0.3) is 0 Å². The first-order chi connectivity index (χ1) is 13.5. The van der Waals surface area contributed by atoms with Gasteiger partial charge in [-0.2, -0.15) is 5.10 Å². The normalized spacial score (nSPS) is 17.1. The van der Waals surface area contributed by atoms with Crippen LogP contribution >= 0.6 is 11.3 Å². The molecule has 0 amide bonds. The number of anilines is 1. The molecule has 1 aliphatic rings. The lowest BCUT2D eigenvalue weighted by Gasteiger charge is -2.25. The third kappa shape index (κ3) is 3.75. The number of thiophene rings is 1. The topological polar surface area (TPSA) is 41.6 Å². The molecule has 1 aromatic heterocycles. The van der Waals surface area contributed by atoms with Crippen LogP contribution in [0.15, 0.2) is 71.1 Å². The molecule has 2 heterocycles. The SMILES string of the molecule is CC(C)(C)c1ccc(C2CC(c3cccs3)=NN2c2ccc(CN)cc2)cc1. The third-order valence-corrected chi connectivity index (χ3v) is 6.23. The average Bonchev–Trinajstić information content (AvgIpc) is 3.37. The summed E-state index contributed by atoms with van der Waals surface area (Å²) < 4.78 is 0. The quantitative estimate of drug-likeness (QED) is 0.607. The van der Waals surface area contributed by atoms with Crippen molar-refractivity contribution in [2.75, 3.05) is 5.01 Å². The molecule has 1 unspecified atom stereocenters. The number of rotatable bonds is 4. The molecule has 28 heavy (non-hydrogen) atoms. The number of benzene rings is 2. The minimum absolute atomic E-state index is 0.157. The van der Waals surface area contributed by atoms with Crippen molar-refractivity contribution < 1.29 is 0 Å². The molecule has 0 radical (unpaired) electrons. The van der Waals surface area contributed by atoms with Crippen LogP contribution in [0.1, 0.15) is 54.8 Å². The maximum atomic E-state index is 5.77. The highest BCUT2D eigenvalue weighted by atomic mass is 32.1. The molecular weight excluding hydrogens is 362 g/mol. The molecule has 144 valence electrons. The van der Waals surface area contributed by atoms with Crippen LogP contribution in [0.4, 0.5) is 5.69 Å². The summed E-state index contributed by atoms with van der Waals surface area (Å²) in [6.45, 7) is 7.31. The Labute approximate surface area is 171 Å². The molecule has 3 nitrogen and oxygen atoms in total. The first kappa shape index (κ1) is 18.9. The molecule has 0 saturated carbocycles. The van der Waals surface area contributed by atoms with Gasteiger partial charge in [-0.05, 0) is 45.7 Å². The number of hydrogen-bond donors (Lipinski definition) is 1. The van der Waals surface area contributed by atoms with Gasteiger partial charge in [-0.3, -0.25) is 5.01 Å². The van der Waals surface area contributed by atoms with E-state index >= 15 is 0 Å². The van der Waals surface area contributed by atoms with Crippen molar-refractivity contribution in [3.8, 4) is 0 Å². The van der Waals surface area contributed by atoms with Gasteiger partial charge in [0.1, 0.15) is 0 Å². The molecule has 0 spiro atoms. The van der Waals surface area contributed by atoms with Gasteiger partial charge < -0.3 is 5.73 Å². The van der Waals surface area contributed by atoms with E-state index in [-0.39, 0.29) is 11.5 Å². The van der Waals surface area contributed by atoms with Crippen LogP contribution in [0.3, 0.4) is 0 Å². The largest absolute Gasteiger partial charge is 0.326 e. The summed E-state index contributed by atoms with van der Waals surface area (Å²) in [4.78, 5) is 1.25. The van der Waals surface area contributed by atoms with Gasteiger partial charge >= 0.3 is 0 Å². The van der Waals surface area contributed by atoms with Crippen molar-refractivity contribution in [2.45, 2.75) is 45.2 Å². The summed E-state index contributed by atoms with van der Waals surface area (Å²) in [5.41, 5.74) is 12.0. The summed E-state index contributed by atoms with van der Waals surface area (Å²) >= 11 is 1.75. The van der Waals surface area contributed by atoms with Crippen molar-refractivity contribution in [1.82, 2.24) is 0 Å². The molecular formula is C24H27N3S. The zero-order chi connectivity index (χ0) is 19.7. The minimum Gasteiger partial charge on any atom is -0.326 e. The first-order valence-electron chi connectivity index (χ1n) is 9.76. The van der Waals surface area contributed by atoms with Crippen LogP contribution < -0.4 is 10.7 Å². The second-order valence-electron chi connectivity index (χ2n) is 8.33. The van der Waals surface area contributed by atoms with Crippen molar-refractivity contribution >= 4 is 22.7 Å². The van der Waals surface area contributed by atoms with E-state index in [9.17, 15) is 0 Å². The molecule has 1 aliphatic heterocycles. The minimum atomic E-state index is 0.157. The van der Waals surface area contributed by atoms with Gasteiger partial charge in [0.15, 0.2) is 0 Å². The fourth-order valence-corrected chi connectivity index (χ4v) is 4.31. The number of hydrazone groups is 1. The highest BCUT2D eigenvalue weighted by Crippen LogP contribution is 2.38. The lowest BCUT2D eigenvalue weighted by molar-refractivity contribution is 0.589. The number of nitrogens with zero attached hydrogens (tertiary/aromatic N) is 2. The van der Waals surface area contributed by atoms with Crippen LogP contribution in [-0.4, -0.2) is 5.71 Å². The highest BCUT2D eigenvalue weighted by Gasteiger charge is 2.30. The van der Waals surface area contributed by atoms with E-state index in [0.29, 0.717) is 6.54 Å². The van der Waals surface area contributed by atoms with Crippen molar-refractivity contribution in [3.05, 3.63) is 87.6 Å². The van der Waals surface area contributed by atoms with Crippen molar-refractivity contribution in [1.29, 1.82) is 0 Å². The molecule has 3 aromatic rings. The molecule has 4 heteroatoms. The van der Waals surface area contributed by atoms with E-state index in [1.54, 1.807) is 11.3 Å². The second kappa shape index (κ2) is 7.53. The van der Waals surface area contributed by atoms with Gasteiger partial charge in [0, 0.05) is 13.0 Å². The van der Waals surface area contributed by atoms with Crippen LogP contribution in [0.5, 0.6) is 0 Å². The Morgan fingerprint density at radius 1 is 1.04 bits per heavy atom. The summed E-state index contributed by atoms with van der Waals surface area (Å²) in [5.74, 6) is 0. The van der Waals surface area contributed by atoms with Gasteiger partial charge in [-0.25, -0.2) is 0 Å². The first-order valence-corrected chi connectivity index (χ1v) is 10.6. The van der Waals surface area contributed by atoms with Crippen LogP contribution in [-0.2, 0) is 12.0 Å². The molecule has 0 bridgehead atoms. The average molecular weight is 390 g/mol. The molecule has 0 fully saturated rings. The van der Waals surface area contributed by atoms with Crippen molar-refractivity contribution in [2.24, 2.45) is 10.8 Å². The fourth-order valence-electron chi connectivity index (χ4n) is 3.59. The second-order valence-corrected chi connectivity index (χ2v) is 9.28. The zero-order valence-electron chi connectivity index (χ0n) is 16.7. The smallest absolute Gasteiger partial charge is 0.0832 e. The van der Waals surface area contributed by atoms with E-state index in [4.69, 9.17) is 10.8 Å². The fraction of sp³-hybridized carbons (Fsp3) is 0.292. The molecule has 2 N–H and O–H groups in total. The zero-order valence-corrected chi connectivity index (χ0v) is 17.5. The van der Waals surface area contributed by atoms with E-state index in [1.807, 2.05) is 0 Å². The third-order valence-electron chi connectivity index (χ3n) is 5.31. The van der Waals surface area contributed by atoms with E-state index in [2.05, 4.69) is 91.8 Å². The van der Waals surface area contributed by atoms with Gasteiger partial charge in [0.05, 0.1) is 22.3 Å². The van der Waals surface area contributed by atoms with E-state index in [1.165, 1.54) is 16.0 Å². The Morgan fingerprint density at radius 2 is 1.75 bits per heavy atom. The standard InChI is InChI=1S/C24H27N3S/c1-24(2,3)19-10-8-18(9-11-19)22-15-21(23-5-4-14-28-23)26-27(22)20-12-6-17(16-25)7-13-20/h4-14,22H,15-16,25H2,1-3H3. The summed E-state index contributed by atoms with van der Waals surface area (Å²) in [7, 11) is 0. The Morgan fingerprint density at radius 3 is 2.32 bits per heavy atom. The molecule has 2 aromatic carbocycles. The lowest BCUT2D eigenvalue weighted by atomic mass is 9.86. The monoisotopic (exact) mass is 389 g/mol. The Bertz CT molecular complexity index is 949. The summed E-state index contributed by atoms with van der Waals surface area (Å²) in [6, 6.07) is 21.9. The lowest BCUT2D eigenvalue weighted by Crippen LogP contribution is -2.19. The van der Waals surface area contributed by atoms with E-state index in [0.717, 1.165) is 23.4 Å². The maximum absolute atomic E-state index is 5.77. The van der Waals surface area contributed by atoms with Gasteiger partial charge in [-0.15, -0.1) is 11.3 Å². The molecule has 0 aliphatic carbocycles. The van der Waals surface area contributed by atoms with E-state index < -0.39 is 0 Å². The predicted molar refractivity (Wildman–Crippen MR) is 120 cm³/mol. The highest BCUT2D eigenvalue weighted by molar-refractivity contribution is 7.12. The summed E-state index contributed by atoms with van der Waals surface area (Å²) in [5, 5.41) is 9.30. The molecule has 1 atom stereocenters. The Kier molecular flexibility index (Phi) is 5.09. The maximum Gasteiger partial charge on any atom is 0.0832 e.